The van der Waals surface area contributed by atoms with E-state index in [0.29, 0.717) is 6.61 Å². The molecule has 0 N–H and O–H groups in total. The molecule has 2 aliphatic rings. The van der Waals surface area contributed by atoms with Crippen LogP contribution in [-0.4, -0.2) is 36.1 Å². The molecule has 0 bridgehead atoms. The molecular weight excluding hydrogens is 192 g/mol. The number of amides is 1. The third kappa shape index (κ3) is 1.98. The number of nitrogens with zero attached hydrogens (tertiary/aromatic N) is 2. The number of carbonyl (C=O) groups is 1. The smallest absolute Gasteiger partial charge is 0.229 e. The highest BCUT2D eigenvalue weighted by Gasteiger charge is 2.36. The molecule has 3 unspecified atom stereocenters. The second-order valence-electron chi connectivity index (χ2n) is 4.40. The fourth-order valence-electron chi connectivity index (χ4n) is 2.39. The maximum Gasteiger partial charge on any atom is 0.229 e. The van der Waals surface area contributed by atoms with Crippen molar-refractivity contribution >= 4 is 5.91 Å². The van der Waals surface area contributed by atoms with Crippen LogP contribution in [0, 0.1) is 17.2 Å². The number of hydrogen-bond donors (Lipinski definition) is 0. The van der Waals surface area contributed by atoms with Gasteiger partial charge in [0.05, 0.1) is 24.7 Å². The summed E-state index contributed by atoms with van der Waals surface area (Å²) in [7, 11) is 0. The summed E-state index contributed by atoms with van der Waals surface area (Å²) in [6.07, 6.45) is 2.76. The van der Waals surface area contributed by atoms with Crippen LogP contribution >= 0.6 is 0 Å². The van der Waals surface area contributed by atoms with Crippen LogP contribution in [0.3, 0.4) is 0 Å². The molecule has 2 heterocycles. The lowest BCUT2D eigenvalue weighted by molar-refractivity contribution is -0.135. The lowest BCUT2D eigenvalue weighted by Crippen LogP contribution is -2.39. The van der Waals surface area contributed by atoms with Crippen molar-refractivity contribution in [1.82, 2.24) is 4.90 Å². The highest BCUT2D eigenvalue weighted by atomic mass is 16.5. The van der Waals surface area contributed by atoms with Crippen LogP contribution in [0.4, 0.5) is 0 Å². The van der Waals surface area contributed by atoms with Crippen molar-refractivity contribution in [2.75, 3.05) is 13.2 Å². The topological polar surface area (TPSA) is 53.3 Å². The molecule has 0 radical (unpaired) electrons. The Morgan fingerprint density at radius 2 is 2.40 bits per heavy atom. The van der Waals surface area contributed by atoms with Crippen LogP contribution in [0.25, 0.3) is 0 Å². The molecule has 0 aromatic heterocycles. The van der Waals surface area contributed by atoms with E-state index in [9.17, 15) is 4.79 Å². The maximum atomic E-state index is 12.1. The number of rotatable bonds is 1. The van der Waals surface area contributed by atoms with E-state index in [1.54, 1.807) is 4.90 Å². The first-order valence-electron chi connectivity index (χ1n) is 5.54. The summed E-state index contributed by atoms with van der Waals surface area (Å²) >= 11 is 0. The minimum absolute atomic E-state index is 0.0195. The largest absolute Gasteiger partial charge is 0.378 e. The van der Waals surface area contributed by atoms with Gasteiger partial charge in [-0.3, -0.25) is 4.79 Å². The molecule has 4 heteroatoms. The Bertz CT molecular complexity index is 297. The molecule has 0 aliphatic carbocycles. The maximum absolute atomic E-state index is 12.1. The van der Waals surface area contributed by atoms with Crippen molar-refractivity contribution < 1.29 is 9.53 Å². The van der Waals surface area contributed by atoms with E-state index in [4.69, 9.17) is 10.00 Å². The first-order valence-corrected chi connectivity index (χ1v) is 5.54. The van der Waals surface area contributed by atoms with Gasteiger partial charge in [-0.1, -0.05) is 0 Å². The van der Waals surface area contributed by atoms with E-state index >= 15 is 0 Å². The summed E-state index contributed by atoms with van der Waals surface area (Å²) < 4.78 is 5.38. The molecule has 0 aromatic carbocycles. The monoisotopic (exact) mass is 208 g/mol. The van der Waals surface area contributed by atoms with Crippen LogP contribution in [0.2, 0.25) is 0 Å². The van der Waals surface area contributed by atoms with Crippen molar-refractivity contribution in [3.8, 4) is 6.07 Å². The molecule has 2 aliphatic heterocycles. The average Bonchev–Trinajstić information content (AvgIpc) is 2.84. The Hall–Kier alpha value is -1.08. The summed E-state index contributed by atoms with van der Waals surface area (Å²) in [4.78, 5) is 13.8. The quantitative estimate of drug-likeness (QED) is 0.644. The third-order valence-electron chi connectivity index (χ3n) is 3.23. The van der Waals surface area contributed by atoms with Crippen molar-refractivity contribution in [1.29, 1.82) is 5.26 Å². The average molecular weight is 208 g/mol. The first kappa shape index (κ1) is 10.4. The third-order valence-corrected chi connectivity index (χ3v) is 3.23. The second kappa shape index (κ2) is 4.19. The Balaban J connectivity index is 1.99. The van der Waals surface area contributed by atoms with Crippen LogP contribution in [-0.2, 0) is 9.53 Å². The van der Waals surface area contributed by atoms with Crippen LogP contribution < -0.4 is 0 Å². The fraction of sp³-hybridized carbons (Fsp3) is 0.818. The molecule has 0 spiro atoms. The zero-order valence-corrected chi connectivity index (χ0v) is 8.98. The Morgan fingerprint density at radius 1 is 1.60 bits per heavy atom. The molecular formula is C11H16N2O2. The highest BCUT2D eigenvalue weighted by Crippen LogP contribution is 2.25. The van der Waals surface area contributed by atoms with Gasteiger partial charge >= 0.3 is 0 Å². The second-order valence-corrected chi connectivity index (χ2v) is 4.40. The molecule has 0 saturated carbocycles. The van der Waals surface area contributed by atoms with Gasteiger partial charge in [0.1, 0.15) is 6.04 Å². The van der Waals surface area contributed by atoms with Gasteiger partial charge in [0.15, 0.2) is 0 Å². The number of ether oxygens (including phenoxy) is 1. The first-order chi connectivity index (χ1) is 7.22. The summed E-state index contributed by atoms with van der Waals surface area (Å²) in [5, 5.41) is 8.90. The number of likely N-dealkylation sites (tertiary alicyclic amines) is 1. The lowest BCUT2D eigenvalue weighted by atomic mass is 10.0. The predicted octanol–water partition coefficient (Wildman–Crippen LogP) is 0.926. The van der Waals surface area contributed by atoms with Gasteiger partial charge in [-0.2, -0.15) is 5.26 Å². The molecule has 82 valence electrons. The van der Waals surface area contributed by atoms with E-state index in [1.165, 1.54) is 0 Å². The zero-order valence-electron chi connectivity index (χ0n) is 8.98. The molecule has 0 aromatic rings. The van der Waals surface area contributed by atoms with Crippen molar-refractivity contribution in [3.63, 3.8) is 0 Å². The number of carbonyl (C=O) groups excluding carboxylic acids is 1. The molecule has 2 saturated heterocycles. The zero-order chi connectivity index (χ0) is 10.8. The predicted molar refractivity (Wildman–Crippen MR) is 53.9 cm³/mol. The number of hydrogen-bond acceptors (Lipinski definition) is 3. The molecule has 3 atom stereocenters. The Morgan fingerprint density at radius 3 is 3.00 bits per heavy atom. The van der Waals surface area contributed by atoms with Crippen LogP contribution in [0.15, 0.2) is 0 Å². The molecule has 4 nitrogen and oxygen atoms in total. The Kier molecular flexibility index (Phi) is 2.92. The van der Waals surface area contributed by atoms with Gasteiger partial charge in [-0.05, 0) is 26.2 Å². The molecule has 2 fully saturated rings. The SMILES string of the molecule is CC1CC(C(=O)N2CCCC2C#N)CO1. The molecule has 2 rings (SSSR count). The fourth-order valence-corrected chi connectivity index (χ4v) is 2.39. The molecule has 1 amide bonds. The summed E-state index contributed by atoms with van der Waals surface area (Å²) in [5.74, 6) is 0.0948. The Labute approximate surface area is 89.8 Å². The standard InChI is InChI=1S/C11H16N2O2/c1-8-5-9(7-15-8)11(14)13-4-2-3-10(13)6-12/h8-10H,2-5,7H2,1H3. The van der Waals surface area contributed by atoms with E-state index < -0.39 is 0 Å². The van der Waals surface area contributed by atoms with E-state index in [2.05, 4.69) is 6.07 Å². The van der Waals surface area contributed by atoms with Gasteiger partial charge in [0.2, 0.25) is 5.91 Å². The van der Waals surface area contributed by atoms with Crippen molar-refractivity contribution in [2.45, 2.75) is 38.3 Å². The normalized spacial score (nSPS) is 35.5. The number of nitriles is 1. The summed E-state index contributed by atoms with van der Waals surface area (Å²) in [6.45, 7) is 3.25. The van der Waals surface area contributed by atoms with E-state index in [-0.39, 0.29) is 24.0 Å². The van der Waals surface area contributed by atoms with Crippen LogP contribution in [0.1, 0.15) is 26.2 Å². The lowest BCUT2D eigenvalue weighted by Gasteiger charge is -2.22. The van der Waals surface area contributed by atoms with Crippen LogP contribution in [0.5, 0.6) is 0 Å². The van der Waals surface area contributed by atoms with Crippen molar-refractivity contribution in [3.05, 3.63) is 0 Å². The van der Waals surface area contributed by atoms with Gasteiger partial charge in [-0.25, -0.2) is 0 Å². The minimum Gasteiger partial charge on any atom is -0.378 e. The summed E-state index contributed by atoms with van der Waals surface area (Å²) in [5.41, 5.74) is 0. The highest BCUT2D eigenvalue weighted by molar-refractivity contribution is 5.80. The summed E-state index contributed by atoms with van der Waals surface area (Å²) in [6, 6.07) is 1.99. The minimum atomic E-state index is -0.201. The van der Waals surface area contributed by atoms with E-state index in [0.717, 1.165) is 25.8 Å². The van der Waals surface area contributed by atoms with Gasteiger partial charge in [-0.15, -0.1) is 0 Å². The van der Waals surface area contributed by atoms with Gasteiger partial charge in [0, 0.05) is 6.54 Å². The van der Waals surface area contributed by atoms with Crippen molar-refractivity contribution in [2.24, 2.45) is 5.92 Å². The van der Waals surface area contributed by atoms with Gasteiger partial charge < -0.3 is 9.64 Å². The molecule has 15 heavy (non-hydrogen) atoms. The van der Waals surface area contributed by atoms with E-state index in [1.807, 2.05) is 6.92 Å². The van der Waals surface area contributed by atoms with Gasteiger partial charge in [0.25, 0.3) is 0 Å².